The lowest BCUT2D eigenvalue weighted by Gasteiger charge is -2.29. The van der Waals surface area contributed by atoms with Crippen LogP contribution in [0.25, 0.3) is 0 Å². The summed E-state index contributed by atoms with van der Waals surface area (Å²) in [6.07, 6.45) is 2.67. The number of nitrogens with one attached hydrogen (secondary N) is 1. The van der Waals surface area contributed by atoms with E-state index in [-0.39, 0.29) is 30.4 Å². The third kappa shape index (κ3) is 7.66. The van der Waals surface area contributed by atoms with Crippen LogP contribution in [-0.4, -0.2) is 48.6 Å². The second kappa shape index (κ2) is 9.35. The summed E-state index contributed by atoms with van der Waals surface area (Å²) in [5.41, 5.74) is 0. The van der Waals surface area contributed by atoms with Crippen molar-refractivity contribution in [2.75, 3.05) is 19.6 Å². The van der Waals surface area contributed by atoms with Crippen molar-refractivity contribution in [1.29, 1.82) is 5.26 Å². The molecule has 1 aliphatic rings. The minimum atomic E-state index is -0.230. The van der Waals surface area contributed by atoms with Crippen LogP contribution in [0, 0.1) is 11.3 Å². The second-order valence-electron chi connectivity index (χ2n) is 5.70. The molecule has 0 saturated carbocycles. The second-order valence-corrected chi connectivity index (χ2v) is 5.70. The maximum atomic E-state index is 11.7. The van der Waals surface area contributed by atoms with Crippen LogP contribution in [0.4, 0.5) is 0 Å². The highest BCUT2D eigenvalue weighted by molar-refractivity contribution is 5.77. The fraction of sp³-hybridized carbons (Fsp3) is 0.800. The molecule has 0 radical (unpaired) electrons. The number of hydrogen-bond acceptors (Lipinski definition) is 5. The molecule has 0 aromatic carbocycles. The van der Waals surface area contributed by atoms with Gasteiger partial charge in [0, 0.05) is 32.0 Å². The van der Waals surface area contributed by atoms with Crippen LogP contribution in [0.1, 0.15) is 46.0 Å². The summed E-state index contributed by atoms with van der Waals surface area (Å²) in [5.74, 6) is -0.256. The van der Waals surface area contributed by atoms with Crippen molar-refractivity contribution < 1.29 is 14.3 Å². The number of ether oxygens (including phenoxy) is 1. The molecule has 1 saturated heterocycles. The van der Waals surface area contributed by atoms with Gasteiger partial charge in [0.2, 0.25) is 5.91 Å². The predicted molar refractivity (Wildman–Crippen MR) is 78.3 cm³/mol. The molecular formula is C15H25N3O3. The number of nitriles is 1. The summed E-state index contributed by atoms with van der Waals surface area (Å²) in [6.45, 7) is 5.84. The smallest absolute Gasteiger partial charge is 0.306 e. The Morgan fingerprint density at radius 1 is 1.33 bits per heavy atom. The van der Waals surface area contributed by atoms with Crippen LogP contribution in [0.5, 0.6) is 0 Å². The Morgan fingerprint density at radius 2 is 2.00 bits per heavy atom. The Morgan fingerprint density at radius 3 is 2.57 bits per heavy atom. The Hall–Kier alpha value is -1.61. The Labute approximate surface area is 126 Å². The molecule has 1 fully saturated rings. The number of hydrogen-bond donors (Lipinski definition) is 1. The summed E-state index contributed by atoms with van der Waals surface area (Å²) < 4.78 is 5.40. The van der Waals surface area contributed by atoms with Crippen LogP contribution >= 0.6 is 0 Å². The van der Waals surface area contributed by atoms with Gasteiger partial charge >= 0.3 is 5.97 Å². The summed E-state index contributed by atoms with van der Waals surface area (Å²) in [4.78, 5) is 25.2. The van der Waals surface area contributed by atoms with Crippen molar-refractivity contribution in [3.63, 3.8) is 0 Å². The molecule has 1 rings (SSSR count). The van der Waals surface area contributed by atoms with E-state index in [1.807, 2.05) is 13.8 Å². The van der Waals surface area contributed by atoms with Crippen molar-refractivity contribution in [3.8, 4) is 6.07 Å². The highest BCUT2D eigenvalue weighted by Gasteiger charge is 2.21. The van der Waals surface area contributed by atoms with Gasteiger partial charge in [-0.05, 0) is 33.1 Å². The number of esters is 1. The molecular weight excluding hydrogens is 270 g/mol. The Bertz CT molecular complexity index is 382. The molecule has 118 valence electrons. The van der Waals surface area contributed by atoms with E-state index < -0.39 is 0 Å². The lowest BCUT2D eigenvalue weighted by Crippen LogP contribution is -2.38. The SMILES string of the molecule is CC(C)NC(=O)CCCC(=O)OC1CCN(CC#N)CC1. The summed E-state index contributed by atoms with van der Waals surface area (Å²) in [5, 5.41) is 11.4. The minimum Gasteiger partial charge on any atom is -0.462 e. The molecule has 6 nitrogen and oxygen atoms in total. The van der Waals surface area contributed by atoms with E-state index >= 15 is 0 Å². The van der Waals surface area contributed by atoms with Crippen LogP contribution in [0.2, 0.25) is 0 Å². The first-order valence-corrected chi connectivity index (χ1v) is 7.59. The molecule has 0 atom stereocenters. The molecule has 1 amide bonds. The fourth-order valence-corrected chi connectivity index (χ4v) is 2.32. The van der Waals surface area contributed by atoms with Gasteiger partial charge in [0.1, 0.15) is 6.10 Å². The average molecular weight is 295 g/mol. The number of amides is 1. The maximum absolute atomic E-state index is 11.7. The van der Waals surface area contributed by atoms with Gasteiger partial charge in [-0.25, -0.2) is 0 Å². The van der Waals surface area contributed by atoms with Gasteiger partial charge < -0.3 is 10.1 Å². The lowest BCUT2D eigenvalue weighted by atomic mass is 10.1. The van der Waals surface area contributed by atoms with Gasteiger partial charge in [0.25, 0.3) is 0 Å². The summed E-state index contributed by atoms with van der Waals surface area (Å²) >= 11 is 0. The van der Waals surface area contributed by atoms with Gasteiger partial charge in [-0.3, -0.25) is 14.5 Å². The van der Waals surface area contributed by atoms with E-state index in [9.17, 15) is 9.59 Å². The zero-order valence-corrected chi connectivity index (χ0v) is 12.9. The number of carbonyl (C=O) groups is 2. The van der Waals surface area contributed by atoms with Gasteiger partial charge in [-0.15, -0.1) is 0 Å². The first-order chi connectivity index (χ1) is 10.0. The molecule has 1 N–H and O–H groups in total. The van der Waals surface area contributed by atoms with Gasteiger partial charge in [0.15, 0.2) is 0 Å². The topological polar surface area (TPSA) is 82.4 Å². The molecule has 1 heterocycles. The van der Waals surface area contributed by atoms with E-state index in [4.69, 9.17) is 10.00 Å². The molecule has 0 aromatic heterocycles. The van der Waals surface area contributed by atoms with E-state index in [0.717, 1.165) is 25.9 Å². The number of carbonyl (C=O) groups excluding carboxylic acids is 2. The third-order valence-corrected chi connectivity index (χ3v) is 3.36. The van der Waals surface area contributed by atoms with Gasteiger partial charge in [-0.2, -0.15) is 5.26 Å². The summed E-state index contributed by atoms with van der Waals surface area (Å²) in [6, 6.07) is 2.25. The number of rotatable bonds is 7. The first-order valence-electron chi connectivity index (χ1n) is 7.59. The molecule has 21 heavy (non-hydrogen) atoms. The molecule has 0 unspecified atom stereocenters. The highest BCUT2D eigenvalue weighted by Crippen LogP contribution is 2.14. The number of piperidine rings is 1. The van der Waals surface area contributed by atoms with Crippen LogP contribution in [0.3, 0.4) is 0 Å². The zero-order chi connectivity index (χ0) is 15.7. The van der Waals surface area contributed by atoms with E-state index in [2.05, 4.69) is 16.3 Å². The lowest BCUT2D eigenvalue weighted by molar-refractivity contribution is -0.151. The standard InChI is InChI=1S/C15H25N3O3/c1-12(2)17-14(19)4-3-5-15(20)21-13-6-9-18(10-7-13)11-8-16/h12-13H,3-7,9-11H2,1-2H3,(H,17,19). The van der Waals surface area contributed by atoms with E-state index in [1.54, 1.807) is 0 Å². The predicted octanol–water partition coefficient (Wildman–Crippen LogP) is 1.21. The van der Waals surface area contributed by atoms with Crippen molar-refractivity contribution in [1.82, 2.24) is 10.2 Å². The number of nitrogens with zero attached hydrogens (tertiary/aromatic N) is 2. The first kappa shape index (κ1) is 17.4. The van der Waals surface area contributed by atoms with Crippen molar-refractivity contribution in [2.24, 2.45) is 0 Å². The van der Waals surface area contributed by atoms with Crippen LogP contribution in [-0.2, 0) is 14.3 Å². The largest absolute Gasteiger partial charge is 0.462 e. The third-order valence-electron chi connectivity index (χ3n) is 3.36. The van der Waals surface area contributed by atoms with E-state index in [0.29, 0.717) is 19.4 Å². The minimum absolute atomic E-state index is 0.0254. The maximum Gasteiger partial charge on any atom is 0.306 e. The molecule has 0 spiro atoms. The molecule has 1 aliphatic heterocycles. The molecule has 0 aromatic rings. The van der Waals surface area contributed by atoms with Crippen LogP contribution < -0.4 is 5.32 Å². The van der Waals surface area contributed by atoms with Gasteiger partial charge in [-0.1, -0.05) is 0 Å². The fourth-order valence-electron chi connectivity index (χ4n) is 2.32. The van der Waals surface area contributed by atoms with Crippen molar-refractivity contribution in [2.45, 2.75) is 58.1 Å². The number of likely N-dealkylation sites (tertiary alicyclic amines) is 1. The average Bonchev–Trinajstić information content (AvgIpc) is 2.40. The van der Waals surface area contributed by atoms with Crippen LogP contribution in [0.15, 0.2) is 0 Å². The van der Waals surface area contributed by atoms with E-state index in [1.165, 1.54) is 0 Å². The molecule has 0 bridgehead atoms. The molecule has 0 aliphatic carbocycles. The highest BCUT2D eigenvalue weighted by atomic mass is 16.5. The van der Waals surface area contributed by atoms with Crippen molar-refractivity contribution >= 4 is 11.9 Å². The molecule has 6 heteroatoms. The Kier molecular flexibility index (Phi) is 7.76. The normalized spacial score (nSPS) is 16.5. The van der Waals surface area contributed by atoms with Crippen molar-refractivity contribution in [3.05, 3.63) is 0 Å². The van der Waals surface area contributed by atoms with Gasteiger partial charge in [0.05, 0.1) is 12.6 Å². The quantitative estimate of drug-likeness (QED) is 0.564. The zero-order valence-electron chi connectivity index (χ0n) is 12.9. The monoisotopic (exact) mass is 295 g/mol. The summed E-state index contributed by atoms with van der Waals surface area (Å²) in [7, 11) is 0. The Balaban J connectivity index is 2.12.